The summed E-state index contributed by atoms with van der Waals surface area (Å²) in [5, 5.41) is 6.20. The van der Waals surface area contributed by atoms with Crippen LogP contribution in [0.3, 0.4) is 0 Å². The number of fused-ring (bicyclic) bond motifs is 2. The Balaban J connectivity index is 1.37. The third-order valence-electron chi connectivity index (χ3n) is 6.01. The molecule has 0 aliphatic heterocycles. The van der Waals surface area contributed by atoms with E-state index in [4.69, 9.17) is 32.4 Å². The van der Waals surface area contributed by atoms with Crippen molar-refractivity contribution in [3.63, 3.8) is 0 Å². The van der Waals surface area contributed by atoms with Crippen LogP contribution in [0.25, 0.3) is 33.5 Å². The van der Waals surface area contributed by atoms with Crippen molar-refractivity contribution in [1.82, 2.24) is 9.66 Å². The van der Waals surface area contributed by atoms with Gasteiger partial charge in [0.1, 0.15) is 18.0 Å². The molecule has 192 valence electrons. The van der Waals surface area contributed by atoms with Crippen molar-refractivity contribution >= 4 is 51.3 Å². The highest BCUT2D eigenvalue weighted by atomic mass is 35.5. The summed E-state index contributed by atoms with van der Waals surface area (Å²) in [5.74, 6) is 0.541. The summed E-state index contributed by atoms with van der Waals surface area (Å²) >= 11 is 12.9. The molecule has 0 saturated carbocycles. The highest BCUT2D eigenvalue weighted by molar-refractivity contribution is 6.37. The molecule has 2 aromatic heterocycles. The largest absolute Gasteiger partial charge is 0.486 e. The van der Waals surface area contributed by atoms with Crippen molar-refractivity contribution in [3.05, 3.63) is 128 Å². The smallest absolute Gasteiger partial charge is 0.282 e. The van der Waals surface area contributed by atoms with Crippen LogP contribution in [0.4, 0.5) is 4.39 Å². The second-order valence-electron chi connectivity index (χ2n) is 8.69. The first-order chi connectivity index (χ1) is 19.0. The number of benzene rings is 4. The minimum absolute atomic E-state index is 0.0870. The molecule has 6 aromatic rings. The summed E-state index contributed by atoms with van der Waals surface area (Å²) in [6.45, 7) is 0.0870. The molecule has 4 aromatic carbocycles. The van der Waals surface area contributed by atoms with Gasteiger partial charge in [0.2, 0.25) is 5.82 Å². The fourth-order valence-corrected chi connectivity index (χ4v) is 4.79. The van der Waals surface area contributed by atoms with E-state index in [1.807, 2.05) is 36.4 Å². The number of aromatic nitrogens is 2. The molecular weight excluding hydrogens is 540 g/mol. The van der Waals surface area contributed by atoms with Crippen molar-refractivity contribution in [1.29, 1.82) is 0 Å². The van der Waals surface area contributed by atoms with Gasteiger partial charge in [-0.15, -0.1) is 0 Å². The van der Waals surface area contributed by atoms with Crippen molar-refractivity contribution < 1.29 is 13.5 Å². The average Bonchev–Trinajstić information content (AvgIpc) is 3.36. The maximum absolute atomic E-state index is 13.5. The lowest BCUT2D eigenvalue weighted by Gasteiger charge is -2.11. The number of furan rings is 1. The Kier molecular flexibility index (Phi) is 6.60. The summed E-state index contributed by atoms with van der Waals surface area (Å²) < 4.78 is 26.4. The van der Waals surface area contributed by atoms with Crippen LogP contribution in [0.2, 0.25) is 10.0 Å². The lowest BCUT2D eigenvalue weighted by atomic mass is 10.2. The van der Waals surface area contributed by atoms with Crippen LogP contribution in [0, 0.1) is 5.82 Å². The summed E-state index contributed by atoms with van der Waals surface area (Å²) in [6.07, 6.45) is 1.46. The molecule has 0 aliphatic rings. The fraction of sp³-hybridized carbons (Fsp3) is 0.0333. The topological polar surface area (TPSA) is 69.6 Å². The Morgan fingerprint density at radius 2 is 1.72 bits per heavy atom. The predicted molar refractivity (Wildman–Crippen MR) is 151 cm³/mol. The summed E-state index contributed by atoms with van der Waals surface area (Å²) in [6, 6.07) is 25.7. The Morgan fingerprint density at radius 1 is 0.949 bits per heavy atom. The molecule has 9 heteroatoms. The molecule has 0 spiro atoms. The van der Waals surface area contributed by atoms with E-state index in [2.05, 4.69) is 10.1 Å². The molecule has 6 rings (SSSR count). The van der Waals surface area contributed by atoms with Gasteiger partial charge in [-0.25, -0.2) is 9.37 Å². The molecular formula is C30H18Cl2FN3O3. The van der Waals surface area contributed by atoms with Gasteiger partial charge in [0.05, 0.1) is 27.2 Å². The normalized spacial score (nSPS) is 11.6. The lowest BCUT2D eigenvalue weighted by molar-refractivity contribution is 0.306. The molecule has 0 N–H and O–H groups in total. The summed E-state index contributed by atoms with van der Waals surface area (Å²) in [5.41, 5.74) is 1.99. The molecule has 0 unspecified atom stereocenters. The molecule has 39 heavy (non-hydrogen) atoms. The number of halogens is 3. The highest BCUT2D eigenvalue weighted by Gasteiger charge is 2.17. The standard InChI is InChI=1S/C30H18Cl2FN3O3/c31-23-13-19(14-24(32)28(23)38-17-18-6-5-8-21(33)12-18)16-34-36-29(27-15-20-7-1-4-11-26(20)39-27)35-25-10-3-2-9-22(25)30(36)37/h1-16H,17H2. The maximum atomic E-state index is 13.5. The second kappa shape index (κ2) is 10.4. The number of para-hydroxylation sites is 2. The zero-order valence-corrected chi connectivity index (χ0v) is 21.7. The molecule has 0 radical (unpaired) electrons. The Labute approximate surface area is 231 Å². The van der Waals surface area contributed by atoms with Crippen LogP contribution in [0.5, 0.6) is 5.75 Å². The van der Waals surface area contributed by atoms with E-state index in [9.17, 15) is 9.18 Å². The molecule has 0 saturated heterocycles. The van der Waals surface area contributed by atoms with E-state index in [0.29, 0.717) is 33.4 Å². The Bertz CT molecular complexity index is 1890. The van der Waals surface area contributed by atoms with Crippen LogP contribution in [-0.4, -0.2) is 15.9 Å². The van der Waals surface area contributed by atoms with Gasteiger partial charge in [-0.05, 0) is 59.7 Å². The number of hydrogen-bond donors (Lipinski definition) is 0. The van der Waals surface area contributed by atoms with Gasteiger partial charge in [0.25, 0.3) is 5.56 Å². The quantitative estimate of drug-likeness (QED) is 0.196. The SMILES string of the molecule is O=c1c2ccccc2nc(-c2cc3ccccc3o2)n1N=Cc1cc(Cl)c(OCc2cccc(F)c2)c(Cl)c1. The Morgan fingerprint density at radius 3 is 2.51 bits per heavy atom. The number of rotatable bonds is 6. The zero-order valence-electron chi connectivity index (χ0n) is 20.1. The Hall–Kier alpha value is -4.46. The first-order valence-corrected chi connectivity index (χ1v) is 12.6. The van der Waals surface area contributed by atoms with E-state index < -0.39 is 0 Å². The van der Waals surface area contributed by atoms with Gasteiger partial charge < -0.3 is 9.15 Å². The van der Waals surface area contributed by atoms with E-state index >= 15 is 0 Å². The lowest BCUT2D eigenvalue weighted by Crippen LogP contribution is -2.20. The summed E-state index contributed by atoms with van der Waals surface area (Å²) in [4.78, 5) is 18.1. The van der Waals surface area contributed by atoms with E-state index in [-0.39, 0.29) is 39.6 Å². The monoisotopic (exact) mass is 557 g/mol. The minimum Gasteiger partial charge on any atom is -0.486 e. The van der Waals surface area contributed by atoms with E-state index in [0.717, 1.165) is 5.39 Å². The third-order valence-corrected chi connectivity index (χ3v) is 6.58. The first-order valence-electron chi connectivity index (χ1n) is 11.9. The van der Waals surface area contributed by atoms with Crippen molar-refractivity contribution in [2.75, 3.05) is 0 Å². The molecule has 0 aliphatic carbocycles. The maximum Gasteiger partial charge on any atom is 0.282 e. The van der Waals surface area contributed by atoms with Gasteiger partial charge in [-0.1, -0.05) is 65.7 Å². The third kappa shape index (κ3) is 5.02. The van der Waals surface area contributed by atoms with Crippen LogP contribution in [-0.2, 0) is 6.61 Å². The molecule has 2 heterocycles. The number of ether oxygens (including phenoxy) is 1. The molecule has 0 atom stereocenters. The predicted octanol–water partition coefficient (Wildman–Crippen LogP) is 7.72. The molecule has 0 fully saturated rings. The van der Waals surface area contributed by atoms with Gasteiger partial charge in [0, 0.05) is 5.39 Å². The van der Waals surface area contributed by atoms with Crippen LogP contribution in [0.15, 0.2) is 105 Å². The molecule has 0 bridgehead atoms. The minimum atomic E-state index is -0.362. The van der Waals surface area contributed by atoms with Crippen LogP contribution in [0.1, 0.15) is 11.1 Å². The summed E-state index contributed by atoms with van der Waals surface area (Å²) in [7, 11) is 0. The van der Waals surface area contributed by atoms with E-state index in [1.54, 1.807) is 42.5 Å². The zero-order chi connectivity index (χ0) is 26.9. The number of nitrogens with zero attached hydrogens (tertiary/aromatic N) is 3. The van der Waals surface area contributed by atoms with Gasteiger partial charge >= 0.3 is 0 Å². The highest BCUT2D eigenvalue weighted by Crippen LogP contribution is 2.34. The molecule has 6 nitrogen and oxygen atoms in total. The number of hydrogen-bond acceptors (Lipinski definition) is 5. The van der Waals surface area contributed by atoms with Gasteiger partial charge in [-0.3, -0.25) is 4.79 Å². The first kappa shape index (κ1) is 24.9. The fourth-order valence-electron chi connectivity index (χ4n) is 4.18. The van der Waals surface area contributed by atoms with Crippen molar-refractivity contribution in [3.8, 4) is 17.3 Å². The van der Waals surface area contributed by atoms with Gasteiger partial charge in [0.15, 0.2) is 11.5 Å². The van der Waals surface area contributed by atoms with Crippen LogP contribution >= 0.6 is 23.2 Å². The average molecular weight is 558 g/mol. The molecule has 0 amide bonds. The van der Waals surface area contributed by atoms with E-state index in [1.165, 1.54) is 23.0 Å². The van der Waals surface area contributed by atoms with Crippen molar-refractivity contribution in [2.45, 2.75) is 6.61 Å². The second-order valence-corrected chi connectivity index (χ2v) is 9.51. The van der Waals surface area contributed by atoms with Gasteiger partial charge in [-0.2, -0.15) is 9.78 Å². The van der Waals surface area contributed by atoms with Crippen LogP contribution < -0.4 is 10.3 Å². The van der Waals surface area contributed by atoms with Crippen molar-refractivity contribution in [2.24, 2.45) is 5.10 Å².